The largest absolute Gasteiger partial charge is 0.480 e. The van der Waals surface area contributed by atoms with Crippen LogP contribution in [0.25, 0.3) is 0 Å². The Morgan fingerprint density at radius 2 is 2.06 bits per heavy atom. The zero-order valence-electron chi connectivity index (χ0n) is 10.1. The van der Waals surface area contributed by atoms with Crippen LogP contribution in [0.1, 0.15) is 38.5 Å². The van der Waals surface area contributed by atoms with E-state index >= 15 is 0 Å². The minimum absolute atomic E-state index is 0.0367. The maximum Gasteiger partial charge on any atom is 0.329 e. The van der Waals surface area contributed by atoms with Gasteiger partial charge in [0.1, 0.15) is 5.54 Å². The maximum absolute atomic E-state index is 11.8. The first-order valence-electron chi connectivity index (χ1n) is 6.57. The highest BCUT2D eigenvalue weighted by Gasteiger charge is 2.47. The zero-order valence-corrected chi connectivity index (χ0v) is 10.1. The molecule has 2 aliphatic heterocycles. The molecule has 1 saturated carbocycles. The van der Waals surface area contributed by atoms with Crippen molar-refractivity contribution in [2.24, 2.45) is 0 Å². The second-order valence-electron chi connectivity index (χ2n) is 5.56. The summed E-state index contributed by atoms with van der Waals surface area (Å²) in [6.45, 7) is 0. The molecule has 2 saturated heterocycles. The van der Waals surface area contributed by atoms with Crippen LogP contribution in [0.4, 0.5) is 4.79 Å². The van der Waals surface area contributed by atoms with E-state index in [1.165, 1.54) is 0 Å². The summed E-state index contributed by atoms with van der Waals surface area (Å²) < 4.78 is 5.64. The molecule has 0 aromatic heterocycles. The van der Waals surface area contributed by atoms with E-state index in [-0.39, 0.29) is 24.3 Å². The van der Waals surface area contributed by atoms with Crippen LogP contribution in [-0.2, 0) is 9.53 Å². The van der Waals surface area contributed by atoms with Gasteiger partial charge in [0.2, 0.25) is 0 Å². The van der Waals surface area contributed by atoms with Gasteiger partial charge in [-0.3, -0.25) is 0 Å². The summed E-state index contributed by atoms with van der Waals surface area (Å²) in [7, 11) is 0. The van der Waals surface area contributed by atoms with Crippen molar-refractivity contribution in [3.63, 3.8) is 0 Å². The Bertz CT molecular complexity index is 380. The summed E-state index contributed by atoms with van der Waals surface area (Å²) in [4.78, 5) is 23.0. The average Bonchev–Trinajstić information content (AvgIpc) is 2.84. The van der Waals surface area contributed by atoms with Gasteiger partial charge < -0.3 is 20.5 Å². The standard InChI is InChI=1S/C12H18N2O4/c15-10(16)12(4-1-5-12)14-11(17)13-8-6-7-2-3-9(8)18-7/h7-9H,1-6H2,(H,15,16)(H2,13,14,17). The van der Waals surface area contributed by atoms with Gasteiger partial charge in [-0.15, -0.1) is 0 Å². The fourth-order valence-corrected chi connectivity index (χ4v) is 3.13. The van der Waals surface area contributed by atoms with Gasteiger partial charge in [-0.1, -0.05) is 0 Å². The minimum Gasteiger partial charge on any atom is -0.480 e. The van der Waals surface area contributed by atoms with Crippen LogP contribution >= 0.6 is 0 Å². The Morgan fingerprint density at radius 3 is 2.50 bits per heavy atom. The molecule has 2 amide bonds. The monoisotopic (exact) mass is 254 g/mol. The van der Waals surface area contributed by atoms with Crippen LogP contribution in [0.5, 0.6) is 0 Å². The van der Waals surface area contributed by atoms with Crippen molar-refractivity contribution in [3.05, 3.63) is 0 Å². The van der Waals surface area contributed by atoms with Crippen LogP contribution in [-0.4, -0.2) is 40.9 Å². The molecule has 3 fully saturated rings. The van der Waals surface area contributed by atoms with Crippen molar-refractivity contribution in [2.45, 2.75) is 62.3 Å². The SMILES string of the molecule is O=C(NC1CC2CCC1O2)NC1(C(=O)O)CCC1. The number of fused-ring (bicyclic) bond motifs is 2. The van der Waals surface area contributed by atoms with Crippen molar-refractivity contribution in [2.75, 3.05) is 0 Å². The molecule has 3 N–H and O–H groups in total. The van der Waals surface area contributed by atoms with Crippen LogP contribution in [0.15, 0.2) is 0 Å². The first-order chi connectivity index (χ1) is 8.59. The molecule has 0 spiro atoms. The van der Waals surface area contributed by atoms with E-state index in [2.05, 4.69) is 10.6 Å². The lowest BCUT2D eigenvalue weighted by atomic mass is 9.77. The Balaban J connectivity index is 1.54. The first kappa shape index (κ1) is 11.8. The molecule has 6 nitrogen and oxygen atoms in total. The first-order valence-corrected chi connectivity index (χ1v) is 6.57. The van der Waals surface area contributed by atoms with E-state index in [0.29, 0.717) is 12.8 Å². The lowest BCUT2D eigenvalue weighted by Crippen LogP contribution is -2.62. The number of carboxylic acids is 1. The molecule has 0 radical (unpaired) electrons. The van der Waals surface area contributed by atoms with Gasteiger partial charge >= 0.3 is 12.0 Å². The zero-order chi connectivity index (χ0) is 12.8. The average molecular weight is 254 g/mol. The molecule has 2 heterocycles. The lowest BCUT2D eigenvalue weighted by Gasteiger charge is -2.38. The normalized spacial score (nSPS) is 35.9. The van der Waals surface area contributed by atoms with Crippen molar-refractivity contribution in [1.29, 1.82) is 0 Å². The van der Waals surface area contributed by atoms with E-state index in [4.69, 9.17) is 9.84 Å². The van der Waals surface area contributed by atoms with Gasteiger partial charge in [-0.25, -0.2) is 9.59 Å². The number of ether oxygens (including phenoxy) is 1. The van der Waals surface area contributed by atoms with E-state index < -0.39 is 11.5 Å². The Kier molecular flexibility index (Phi) is 2.69. The topological polar surface area (TPSA) is 87.7 Å². The van der Waals surface area contributed by atoms with Gasteiger partial charge in [0.25, 0.3) is 0 Å². The second-order valence-corrected chi connectivity index (χ2v) is 5.56. The summed E-state index contributed by atoms with van der Waals surface area (Å²) in [5.41, 5.74) is -1.04. The molecule has 3 unspecified atom stereocenters. The number of hydrogen-bond donors (Lipinski definition) is 3. The van der Waals surface area contributed by atoms with Crippen molar-refractivity contribution < 1.29 is 19.4 Å². The van der Waals surface area contributed by atoms with E-state index in [1.807, 2.05) is 0 Å². The quantitative estimate of drug-likeness (QED) is 0.688. The molecule has 6 heteroatoms. The summed E-state index contributed by atoms with van der Waals surface area (Å²) >= 11 is 0. The highest BCUT2D eigenvalue weighted by molar-refractivity contribution is 5.87. The molecule has 2 bridgehead atoms. The smallest absolute Gasteiger partial charge is 0.329 e. The second kappa shape index (κ2) is 4.12. The summed E-state index contributed by atoms with van der Waals surface area (Å²) in [6.07, 6.45) is 5.18. The van der Waals surface area contributed by atoms with Crippen LogP contribution in [0.3, 0.4) is 0 Å². The summed E-state index contributed by atoms with van der Waals surface area (Å²) in [5, 5.41) is 14.6. The van der Waals surface area contributed by atoms with E-state index in [1.54, 1.807) is 0 Å². The van der Waals surface area contributed by atoms with Gasteiger partial charge in [0, 0.05) is 0 Å². The minimum atomic E-state index is -1.04. The van der Waals surface area contributed by atoms with Crippen molar-refractivity contribution >= 4 is 12.0 Å². The number of carboxylic acid groups (broad SMARTS) is 1. The van der Waals surface area contributed by atoms with Crippen LogP contribution < -0.4 is 10.6 Å². The molecule has 0 aromatic carbocycles. The number of carbonyl (C=O) groups is 2. The van der Waals surface area contributed by atoms with Gasteiger partial charge in [0.15, 0.2) is 0 Å². The number of carbonyl (C=O) groups excluding carboxylic acids is 1. The summed E-state index contributed by atoms with van der Waals surface area (Å²) in [5.74, 6) is -0.937. The van der Waals surface area contributed by atoms with E-state index in [9.17, 15) is 9.59 Å². The molecule has 0 aromatic rings. The third-order valence-electron chi connectivity index (χ3n) is 4.39. The molecule has 18 heavy (non-hydrogen) atoms. The molecule has 3 atom stereocenters. The Hall–Kier alpha value is -1.30. The summed E-state index contributed by atoms with van der Waals surface area (Å²) in [6, 6.07) is -0.340. The fourth-order valence-electron chi connectivity index (χ4n) is 3.13. The number of nitrogens with one attached hydrogen (secondary N) is 2. The number of urea groups is 1. The van der Waals surface area contributed by atoms with Crippen molar-refractivity contribution in [3.8, 4) is 0 Å². The highest BCUT2D eigenvalue weighted by atomic mass is 16.5. The molecular formula is C12H18N2O4. The highest BCUT2D eigenvalue weighted by Crippen LogP contribution is 2.35. The number of hydrogen-bond acceptors (Lipinski definition) is 3. The third kappa shape index (κ3) is 1.84. The van der Waals surface area contributed by atoms with Crippen LogP contribution in [0.2, 0.25) is 0 Å². The number of rotatable bonds is 3. The van der Waals surface area contributed by atoms with E-state index in [0.717, 1.165) is 25.7 Å². The molecule has 3 rings (SSSR count). The van der Waals surface area contributed by atoms with Gasteiger partial charge in [-0.05, 0) is 38.5 Å². The fraction of sp³-hybridized carbons (Fsp3) is 0.833. The molecular weight excluding hydrogens is 236 g/mol. The number of aliphatic carboxylic acids is 1. The Labute approximate surface area is 105 Å². The molecule has 1 aliphatic carbocycles. The Morgan fingerprint density at radius 1 is 1.28 bits per heavy atom. The van der Waals surface area contributed by atoms with Gasteiger partial charge in [0.05, 0.1) is 18.2 Å². The maximum atomic E-state index is 11.8. The molecule has 3 aliphatic rings. The van der Waals surface area contributed by atoms with Crippen LogP contribution in [0, 0.1) is 0 Å². The predicted octanol–water partition coefficient (Wildman–Crippen LogP) is 0.613. The molecule has 100 valence electrons. The third-order valence-corrected chi connectivity index (χ3v) is 4.39. The van der Waals surface area contributed by atoms with Gasteiger partial charge in [-0.2, -0.15) is 0 Å². The van der Waals surface area contributed by atoms with Crippen molar-refractivity contribution in [1.82, 2.24) is 10.6 Å². The predicted molar refractivity (Wildman–Crippen MR) is 62.2 cm³/mol. The number of amides is 2. The lowest BCUT2D eigenvalue weighted by molar-refractivity contribution is -0.148.